The Morgan fingerprint density at radius 2 is 2.24 bits per heavy atom. The van der Waals surface area contributed by atoms with Crippen LogP contribution < -0.4 is 20.7 Å². The van der Waals surface area contributed by atoms with E-state index >= 15 is 0 Å². The molecular weight excluding hydrogens is 288 g/mol. The van der Waals surface area contributed by atoms with Gasteiger partial charge in [-0.1, -0.05) is 17.7 Å². The Morgan fingerprint density at radius 3 is 3.05 bits per heavy atom. The zero-order valence-corrected chi connectivity index (χ0v) is 12.0. The normalized spacial score (nSPS) is 14.3. The van der Waals surface area contributed by atoms with Crippen LogP contribution in [0.25, 0.3) is 12.2 Å². The molecule has 0 spiro atoms. The summed E-state index contributed by atoms with van der Waals surface area (Å²) in [6, 6.07) is 1.92. The highest BCUT2D eigenvalue weighted by Gasteiger charge is 2.15. The Morgan fingerprint density at radius 1 is 1.38 bits per heavy atom. The fourth-order valence-electron chi connectivity index (χ4n) is 2.84. The van der Waals surface area contributed by atoms with Gasteiger partial charge in [-0.2, -0.15) is 0 Å². The lowest BCUT2D eigenvalue weighted by Crippen LogP contribution is -2.33. The van der Waals surface area contributed by atoms with Crippen molar-refractivity contribution in [2.24, 2.45) is 0 Å². The minimum absolute atomic E-state index is 0.131. The lowest BCUT2D eigenvalue weighted by molar-refractivity contribution is 0.412. The van der Waals surface area contributed by atoms with Crippen molar-refractivity contribution in [2.45, 2.75) is 6.42 Å². The third-order valence-corrected chi connectivity index (χ3v) is 4.11. The summed E-state index contributed by atoms with van der Waals surface area (Å²) in [4.78, 5) is 19.6. The first-order chi connectivity index (χ1) is 10.2. The topological polar surface area (TPSA) is 55.0 Å². The van der Waals surface area contributed by atoms with Crippen LogP contribution in [0.15, 0.2) is 28.2 Å². The number of nitrogens with one attached hydrogen (secondary N) is 1. The van der Waals surface area contributed by atoms with E-state index in [2.05, 4.69) is 9.97 Å². The number of aromatic amines is 1. The van der Waals surface area contributed by atoms with Crippen LogP contribution >= 0.6 is 11.6 Å². The smallest absolute Gasteiger partial charge is 0.256 e. The summed E-state index contributed by atoms with van der Waals surface area (Å²) in [6.45, 7) is 0. The molecule has 4 rings (SSSR count). The molecule has 0 radical (unpaired) electrons. The molecule has 2 aromatic rings. The largest absolute Gasteiger partial charge is 0.495 e. The molecule has 2 heterocycles. The number of pyridine rings is 2. The third kappa shape index (κ3) is 1.76. The van der Waals surface area contributed by atoms with E-state index in [1.807, 2.05) is 18.2 Å². The van der Waals surface area contributed by atoms with Crippen LogP contribution in [-0.2, 0) is 6.42 Å². The molecule has 0 saturated heterocycles. The second kappa shape index (κ2) is 4.33. The first-order valence-electron chi connectivity index (χ1n) is 6.56. The maximum Gasteiger partial charge on any atom is 0.256 e. The number of H-pyrrole nitrogens is 1. The van der Waals surface area contributed by atoms with Gasteiger partial charge in [0.2, 0.25) is 0 Å². The Kier molecular flexibility index (Phi) is 2.56. The standard InChI is InChI=1S/C16H11ClN2O2/c1-21-10-4-8-5-12-11-3-2-9(17)6-13(11)16(20)19-15(12)14(8)18-7-10/h2,4-7H,3H2,1H3,(H,19,20). The Balaban J connectivity index is 2.18. The molecule has 0 aromatic carbocycles. The van der Waals surface area contributed by atoms with Crippen LogP contribution in [0, 0.1) is 10.7 Å². The molecule has 21 heavy (non-hydrogen) atoms. The first kappa shape index (κ1) is 12.4. The summed E-state index contributed by atoms with van der Waals surface area (Å²) in [5.41, 5.74) is 1.88. The van der Waals surface area contributed by atoms with Crippen molar-refractivity contribution in [3.63, 3.8) is 0 Å². The zero-order chi connectivity index (χ0) is 14.6. The van der Waals surface area contributed by atoms with E-state index in [4.69, 9.17) is 16.3 Å². The van der Waals surface area contributed by atoms with Crippen molar-refractivity contribution < 1.29 is 4.74 Å². The molecule has 0 amide bonds. The number of methoxy groups -OCH3 is 1. The van der Waals surface area contributed by atoms with Gasteiger partial charge in [0.25, 0.3) is 5.56 Å². The number of fused-ring (bicyclic) bond motifs is 4. The van der Waals surface area contributed by atoms with Crippen molar-refractivity contribution in [1.29, 1.82) is 0 Å². The molecule has 1 N–H and O–H groups in total. The summed E-state index contributed by atoms with van der Waals surface area (Å²) in [7, 11) is 1.61. The van der Waals surface area contributed by atoms with E-state index in [0.717, 1.165) is 27.0 Å². The van der Waals surface area contributed by atoms with Crippen LogP contribution in [0.1, 0.15) is 11.1 Å². The molecule has 0 bridgehead atoms. The molecule has 104 valence electrons. The SMILES string of the molecule is COc1cnc2c(c1)=Cc1c3c(c(=O)[nH]c1=2)=CC(Cl)=CC3. The molecule has 2 aromatic heterocycles. The minimum atomic E-state index is -0.131. The highest BCUT2D eigenvalue weighted by atomic mass is 35.5. The molecule has 0 aliphatic heterocycles. The highest BCUT2D eigenvalue weighted by molar-refractivity contribution is 6.34. The number of allylic oxidation sites excluding steroid dienone is 2. The monoisotopic (exact) mass is 298 g/mol. The van der Waals surface area contributed by atoms with Gasteiger partial charge in [-0.15, -0.1) is 0 Å². The summed E-state index contributed by atoms with van der Waals surface area (Å²) >= 11 is 6.01. The molecule has 0 saturated carbocycles. The molecule has 5 heteroatoms. The molecule has 2 aliphatic carbocycles. The number of aromatic nitrogens is 2. The van der Waals surface area contributed by atoms with Crippen molar-refractivity contribution in [1.82, 2.24) is 9.97 Å². The first-order valence-corrected chi connectivity index (χ1v) is 6.94. The van der Waals surface area contributed by atoms with Gasteiger partial charge in [-0.05, 0) is 30.2 Å². The van der Waals surface area contributed by atoms with Crippen molar-refractivity contribution in [3.8, 4) is 5.75 Å². The number of halogens is 1. The lowest BCUT2D eigenvalue weighted by Gasteiger charge is -2.08. The van der Waals surface area contributed by atoms with Gasteiger partial charge in [0.1, 0.15) is 5.75 Å². The quantitative estimate of drug-likeness (QED) is 0.718. The number of nitrogens with zero attached hydrogens (tertiary/aromatic N) is 1. The van der Waals surface area contributed by atoms with E-state index in [1.165, 1.54) is 0 Å². The summed E-state index contributed by atoms with van der Waals surface area (Å²) in [6.07, 6.45) is 7.97. The maximum absolute atomic E-state index is 12.3. The van der Waals surface area contributed by atoms with Crippen molar-refractivity contribution in [2.75, 3.05) is 7.11 Å². The van der Waals surface area contributed by atoms with Gasteiger partial charge < -0.3 is 9.72 Å². The molecular formula is C16H11ClN2O2. The van der Waals surface area contributed by atoms with Crippen LogP contribution in [0.3, 0.4) is 0 Å². The van der Waals surface area contributed by atoms with E-state index in [9.17, 15) is 4.79 Å². The Hall–Kier alpha value is -2.33. The van der Waals surface area contributed by atoms with E-state index in [1.54, 1.807) is 19.4 Å². The van der Waals surface area contributed by atoms with Gasteiger partial charge in [-0.3, -0.25) is 9.78 Å². The third-order valence-electron chi connectivity index (χ3n) is 3.85. The fourth-order valence-corrected chi connectivity index (χ4v) is 3.03. The van der Waals surface area contributed by atoms with Gasteiger partial charge >= 0.3 is 0 Å². The lowest BCUT2D eigenvalue weighted by atomic mass is 10.0. The van der Waals surface area contributed by atoms with Crippen LogP contribution in [-0.4, -0.2) is 17.1 Å². The van der Waals surface area contributed by atoms with Crippen LogP contribution in [0.5, 0.6) is 5.75 Å². The van der Waals surface area contributed by atoms with E-state index < -0.39 is 0 Å². The van der Waals surface area contributed by atoms with Gasteiger partial charge in [-0.25, -0.2) is 0 Å². The van der Waals surface area contributed by atoms with Crippen LogP contribution in [0.2, 0.25) is 0 Å². The summed E-state index contributed by atoms with van der Waals surface area (Å²) in [5.74, 6) is 0.698. The second-order valence-corrected chi connectivity index (χ2v) is 5.47. The summed E-state index contributed by atoms with van der Waals surface area (Å²) in [5, 5.41) is 3.75. The van der Waals surface area contributed by atoms with E-state index in [-0.39, 0.29) is 5.56 Å². The number of hydrogen-bond acceptors (Lipinski definition) is 3. The molecule has 4 nitrogen and oxygen atoms in total. The maximum atomic E-state index is 12.3. The fraction of sp³-hybridized carbons (Fsp3) is 0.125. The molecule has 0 unspecified atom stereocenters. The van der Waals surface area contributed by atoms with Gasteiger partial charge in [0.05, 0.1) is 24.0 Å². The van der Waals surface area contributed by atoms with Gasteiger partial charge in [0, 0.05) is 21.0 Å². The molecule has 2 aliphatic rings. The van der Waals surface area contributed by atoms with E-state index in [0.29, 0.717) is 22.4 Å². The van der Waals surface area contributed by atoms with Crippen LogP contribution in [0.4, 0.5) is 0 Å². The zero-order valence-electron chi connectivity index (χ0n) is 11.2. The summed E-state index contributed by atoms with van der Waals surface area (Å²) < 4.78 is 5.20. The predicted molar refractivity (Wildman–Crippen MR) is 80.4 cm³/mol. The number of hydrogen-bond donors (Lipinski definition) is 1. The predicted octanol–water partition coefficient (Wildman–Crippen LogP) is 0.667. The minimum Gasteiger partial charge on any atom is -0.495 e. The Labute approximate surface area is 124 Å². The highest BCUT2D eigenvalue weighted by Crippen LogP contribution is 2.17. The molecule has 0 fully saturated rings. The second-order valence-electron chi connectivity index (χ2n) is 5.03. The van der Waals surface area contributed by atoms with Gasteiger partial charge in [0.15, 0.2) is 0 Å². The number of rotatable bonds is 1. The average molecular weight is 299 g/mol. The number of ether oxygens (including phenoxy) is 1. The van der Waals surface area contributed by atoms with Crippen molar-refractivity contribution in [3.05, 3.63) is 66.0 Å². The molecule has 0 atom stereocenters. The average Bonchev–Trinajstić information content (AvgIpc) is 2.85. The van der Waals surface area contributed by atoms with Crippen molar-refractivity contribution >= 4 is 23.8 Å². The Bertz CT molecular complexity index is 1080.